The quantitative estimate of drug-likeness (QED) is 0.862. The summed E-state index contributed by atoms with van der Waals surface area (Å²) in [6.07, 6.45) is 1.01. The van der Waals surface area contributed by atoms with Gasteiger partial charge in [-0.05, 0) is 43.2 Å². The molecule has 1 aromatic heterocycles. The third-order valence-corrected chi connectivity index (χ3v) is 4.10. The highest BCUT2D eigenvalue weighted by atomic mass is 32.1. The fraction of sp³-hybridized carbons (Fsp3) is 0.250. The fourth-order valence-corrected chi connectivity index (χ4v) is 2.76. The van der Waals surface area contributed by atoms with Gasteiger partial charge < -0.3 is 10.4 Å². The average Bonchev–Trinajstić information content (AvgIpc) is 2.89. The SMILES string of the molecule is Cc1ccc(CNC(=O)CCc2ccc(C(=O)O)cc2)s1. The maximum absolute atomic E-state index is 11.8. The second-order valence-corrected chi connectivity index (χ2v) is 6.16. The van der Waals surface area contributed by atoms with Crippen molar-refractivity contribution in [2.75, 3.05) is 0 Å². The normalized spacial score (nSPS) is 10.3. The Bertz CT molecular complexity index is 631. The van der Waals surface area contributed by atoms with Crippen molar-refractivity contribution < 1.29 is 14.7 Å². The lowest BCUT2D eigenvalue weighted by Crippen LogP contribution is -2.22. The topological polar surface area (TPSA) is 66.4 Å². The molecule has 0 fully saturated rings. The van der Waals surface area contributed by atoms with Crippen LogP contribution in [0.3, 0.4) is 0 Å². The molecule has 1 amide bonds. The smallest absolute Gasteiger partial charge is 0.335 e. The zero-order valence-electron chi connectivity index (χ0n) is 11.8. The number of aromatic carboxylic acids is 1. The molecule has 0 aliphatic carbocycles. The van der Waals surface area contributed by atoms with Crippen molar-refractivity contribution in [2.24, 2.45) is 0 Å². The van der Waals surface area contributed by atoms with E-state index in [1.807, 2.05) is 19.1 Å². The summed E-state index contributed by atoms with van der Waals surface area (Å²) in [5.41, 5.74) is 1.22. The van der Waals surface area contributed by atoms with Gasteiger partial charge in [0, 0.05) is 16.2 Å². The van der Waals surface area contributed by atoms with Crippen LogP contribution in [0.5, 0.6) is 0 Å². The van der Waals surface area contributed by atoms with Crippen molar-refractivity contribution in [1.29, 1.82) is 0 Å². The van der Waals surface area contributed by atoms with E-state index in [2.05, 4.69) is 5.32 Å². The minimum Gasteiger partial charge on any atom is -0.478 e. The first-order valence-electron chi connectivity index (χ1n) is 6.69. The third-order valence-electron chi connectivity index (χ3n) is 3.10. The fourth-order valence-electron chi connectivity index (χ4n) is 1.93. The van der Waals surface area contributed by atoms with E-state index in [0.717, 1.165) is 10.4 Å². The summed E-state index contributed by atoms with van der Waals surface area (Å²) in [4.78, 5) is 24.9. The summed E-state index contributed by atoms with van der Waals surface area (Å²) in [7, 11) is 0. The highest BCUT2D eigenvalue weighted by Gasteiger charge is 2.05. The lowest BCUT2D eigenvalue weighted by Gasteiger charge is -2.04. The first-order chi connectivity index (χ1) is 10.0. The van der Waals surface area contributed by atoms with Crippen LogP contribution in [0.4, 0.5) is 0 Å². The van der Waals surface area contributed by atoms with E-state index in [1.54, 1.807) is 35.6 Å². The van der Waals surface area contributed by atoms with Crippen molar-refractivity contribution >= 4 is 23.2 Å². The molecule has 0 aliphatic heterocycles. The molecule has 110 valence electrons. The summed E-state index contributed by atoms with van der Waals surface area (Å²) >= 11 is 1.68. The van der Waals surface area contributed by atoms with Crippen molar-refractivity contribution in [2.45, 2.75) is 26.3 Å². The number of amides is 1. The Morgan fingerprint density at radius 3 is 2.43 bits per heavy atom. The highest BCUT2D eigenvalue weighted by molar-refractivity contribution is 7.11. The minimum atomic E-state index is -0.939. The lowest BCUT2D eigenvalue weighted by molar-refractivity contribution is -0.121. The molecular formula is C16H17NO3S. The van der Waals surface area contributed by atoms with Gasteiger partial charge in [-0.1, -0.05) is 12.1 Å². The van der Waals surface area contributed by atoms with Crippen LogP contribution in [-0.4, -0.2) is 17.0 Å². The predicted octanol–water partition coefficient (Wildman–Crippen LogP) is 3.00. The van der Waals surface area contributed by atoms with Crippen LogP contribution in [0.2, 0.25) is 0 Å². The van der Waals surface area contributed by atoms with Crippen LogP contribution in [0.1, 0.15) is 32.1 Å². The number of hydrogen-bond donors (Lipinski definition) is 2. The van der Waals surface area contributed by atoms with Crippen molar-refractivity contribution in [3.8, 4) is 0 Å². The predicted molar refractivity (Wildman–Crippen MR) is 82.6 cm³/mol. The Kier molecular flexibility index (Phi) is 5.11. The number of nitrogens with one attached hydrogen (secondary N) is 1. The highest BCUT2D eigenvalue weighted by Crippen LogP contribution is 2.14. The Morgan fingerprint density at radius 2 is 1.86 bits per heavy atom. The van der Waals surface area contributed by atoms with E-state index < -0.39 is 5.97 Å². The molecule has 0 atom stereocenters. The van der Waals surface area contributed by atoms with Gasteiger partial charge in [-0.3, -0.25) is 4.79 Å². The van der Waals surface area contributed by atoms with Crippen LogP contribution < -0.4 is 5.32 Å². The lowest BCUT2D eigenvalue weighted by atomic mass is 10.1. The Labute approximate surface area is 127 Å². The van der Waals surface area contributed by atoms with E-state index in [9.17, 15) is 9.59 Å². The Hall–Kier alpha value is -2.14. The molecule has 1 aromatic carbocycles. The van der Waals surface area contributed by atoms with Gasteiger partial charge in [-0.25, -0.2) is 4.79 Å². The number of rotatable bonds is 6. The van der Waals surface area contributed by atoms with E-state index >= 15 is 0 Å². The van der Waals surface area contributed by atoms with Gasteiger partial charge in [0.25, 0.3) is 0 Å². The summed E-state index contributed by atoms with van der Waals surface area (Å²) in [5, 5.41) is 11.7. The first-order valence-corrected chi connectivity index (χ1v) is 7.50. The van der Waals surface area contributed by atoms with Gasteiger partial charge in [0.1, 0.15) is 0 Å². The van der Waals surface area contributed by atoms with Crippen molar-refractivity contribution in [1.82, 2.24) is 5.32 Å². The number of aryl methyl sites for hydroxylation is 2. The number of carboxylic acid groups (broad SMARTS) is 1. The van der Waals surface area contributed by atoms with Crippen molar-refractivity contribution in [3.63, 3.8) is 0 Å². The van der Waals surface area contributed by atoms with Crippen LogP contribution >= 0.6 is 11.3 Å². The number of hydrogen-bond acceptors (Lipinski definition) is 3. The van der Waals surface area contributed by atoms with Gasteiger partial charge in [0.15, 0.2) is 0 Å². The maximum Gasteiger partial charge on any atom is 0.335 e. The summed E-state index contributed by atoms with van der Waals surface area (Å²) in [5.74, 6) is -0.936. The molecule has 2 aromatic rings. The second kappa shape index (κ2) is 7.04. The third kappa shape index (κ3) is 4.72. The van der Waals surface area contributed by atoms with Crippen LogP contribution in [-0.2, 0) is 17.8 Å². The van der Waals surface area contributed by atoms with Gasteiger partial charge >= 0.3 is 5.97 Å². The summed E-state index contributed by atoms with van der Waals surface area (Å²) < 4.78 is 0. The van der Waals surface area contributed by atoms with E-state index in [4.69, 9.17) is 5.11 Å². The van der Waals surface area contributed by atoms with Crippen LogP contribution in [0.25, 0.3) is 0 Å². The maximum atomic E-state index is 11.8. The number of carbonyl (C=O) groups is 2. The first kappa shape index (κ1) is 15.3. The Balaban J connectivity index is 1.77. The number of benzene rings is 1. The number of carbonyl (C=O) groups excluding carboxylic acids is 1. The van der Waals surface area contributed by atoms with Crippen LogP contribution in [0.15, 0.2) is 36.4 Å². The number of thiophene rings is 1. The average molecular weight is 303 g/mol. The largest absolute Gasteiger partial charge is 0.478 e. The van der Waals surface area contributed by atoms with Gasteiger partial charge in [-0.2, -0.15) is 0 Å². The molecule has 0 aliphatic rings. The zero-order chi connectivity index (χ0) is 15.2. The molecular weight excluding hydrogens is 286 g/mol. The summed E-state index contributed by atoms with van der Waals surface area (Å²) in [6, 6.07) is 10.7. The molecule has 21 heavy (non-hydrogen) atoms. The standard InChI is InChI=1S/C16H17NO3S/c1-11-2-8-14(21-11)10-17-15(18)9-5-12-3-6-13(7-4-12)16(19)20/h2-4,6-8H,5,9-10H2,1H3,(H,17,18)(H,19,20). The molecule has 0 saturated heterocycles. The summed E-state index contributed by atoms with van der Waals surface area (Å²) in [6.45, 7) is 2.60. The van der Waals surface area contributed by atoms with Gasteiger partial charge in [0.2, 0.25) is 5.91 Å². The Morgan fingerprint density at radius 1 is 1.14 bits per heavy atom. The molecule has 0 bridgehead atoms. The molecule has 0 saturated carbocycles. The van der Waals surface area contributed by atoms with E-state index in [1.165, 1.54) is 4.88 Å². The monoisotopic (exact) mass is 303 g/mol. The van der Waals surface area contributed by atoms with Crippen molar-refractivity contribution in [3.05, 3.63) is 57.3 Å². The van der Waals surface area contributed by atoms with Gasteiger partial charge in [0.05, 0.1) is 12.1 Å². The van der Waals surface area contributed by atoms with Gasteiger partial charge in [-0.15, -0.1) is 11.3 Å². The van der Waals surface area contributed by atoms with Crippen LogP contribution in [0, 0.1) is 6.92 Å². The second-order valence-electron chi connectivity index (χ2n) is 4.79. The minimum absolute atomic E-state index is 0.00311. The van der Waals surface area contributed by atoms with E-state index in [0.29, 0.717) is 19.4 Å². The molecule has 1 heterocycles. The molecule has 2 rings (SSSR count). The molecule has 0 unspecified atom stereocenters. The van der Waals surface area contributed by atoms with E-state index in [-0.39, 0.29) is 11.5 Å². The molecule has 0 radical (unpaired) electrons. The zero-order valence-corrected chi connectivity index (χ0v) is 12.6. The molecule has 4 nitrogen and oxygen atoms in total. The number of carboxylic acids is 1. The molecule has 5 heteroatoms. The molecule has 0 spiro atoms. The molecule has 2 N–H and O–H groups in total.